The zero-order valence-electron chi connectivity index (χ0n) is 16.4. The largest absolute Gasteiger partial charge is 0.416 e. The van der Waals surface area contributed by atoms with Gasteiger partial charge in [-0.15, -0.1) is 5.11 Å². The van der Waals surface area contributed by atoms with Crippen LogP contribution in [0, 0.1) is 23.3 Å². The number of alkyl halides is 3. The molecule has 9 heteroatoms. The van der Waals surface area contributed by atoms with Gasteiger partial charge in [-0.25, -0.2) is 0 Å². The van der Waals surface area contributed by atoms with E-state index in [0.29, 0.717) is 22.5 Å². The molecule has 0 amide bonds. The zero-order valence-corrected chi connectivity index (χ0v) is 16.4. The molecule has 2 heterocycles. The van der Waals surface area contributed by atoms with Crippen molar-refractivity contribution in [3.8, 4) is 18.0 Å². The SMILES string of the molecule is N#Cc1cccc(C2OCc3ncccc3/N=N\N2C#Cc2cccc(C(F)(F)F)c2)c1. The predicted octanol–water partition coefficient (Wildman–Crippen LogP) is 5.51. The first-order valence-corrected chi connectivity index (χ1v) is 9.39. The molecule has 1 aliphatic heterocycles. The van der Waals surface area contributed by atoms with Gasteiger partial charge in [0.25, 0.3) is 0 Å². The van der Waals surface area contributed by atoms with Crippen LogP contribution in [0.5, 0.6) is 0 Å². The molecule has 1 aliphatic rings. The standard InChI is InChI=1S/C23H14F3N5O/c24-23(25,26)19-7-2-4-16(13-19)9-11-31-22(18-6-1-5-17(12-18)14-27)32-15-21-20(29-30-31)8-3-10-28-21/h1-8,10,12-13,22H,15H2/b30-29-. The number of halogens is 3. The second-order valence-corrected chi connectivity index (χ2v) is 6.72. The third-order valence-corrected chi connectivity index (χ3v) is 4.52. The second-order valence-electron chi connectivity index (χ2n) is 6.72. The van der Waals surface area contributed by atoms with E-state index in [1.807, 2.05) is 0 Å². The van der Waals surface area contributed by atoms with Gasteiger partial charge in [0.2, 0.25) is 0 Å². The van der Waals surface area contributed by atoms with Crippen molar-refractivity contribution < 1.29 is 17.9 Å². The lowest BCUT2D eigenvalue weighted by Crippen LogP contribution is -2.23. The molecule has 0 aliphatic carbocycles. The minimum Gasteiger partial charge on any atom is -0.345 e. The molecular weight excluding hydrogens is 419 g/mol. The van der Waals surface area contributed by atoms with Gasteiger partial charge in [-0.05, 0) is 48.4 Å². The smallest absolute Gasteiger partial charge is 0.345 e. The molecule has 6 nitrogen and oxygen atoms in total. The van der Waals surface area contributed by atoms with Crippen molar-refractivity contribution in [2.24, 2.45) is 10.3 Å². The van der Waals surface area contributed by atoms with Crippen LogP contribution in [0.3, 0.4) is 0 Å². The first-order valence-electron chi connectivity index (χ1n) is 9.39. The molecule has 32 heavy (non-hydrogen) atoms. The van der Waals surface area contributed by atoms with Gasteiger partial charge in [0.1, 0.15) is 5.69 Å². The number of hydrogen-bond acceptors (Lipinski definition) is 6. The maximum Gasteiger partial charge on any atom is 0.416 e. The third kappa shape index (κ3) is 4.75. The quantitative estimate of drug-likeness (QED) is 0.474. The van der Waals surface area contributed by atoms with Crippen LogP contribution in [-0.4, -0.2) is 9.99 Å². The molecule has 0 radical (unpaired) electrons. The first kappa shape index (κ1) is 21.0. The highest BCUT2D eigenvalue weighted by atomic mass is 19.4. The van der Waals surface area contributed by atoms with Crippen LogP contribution in [0.15, 0.2) is 77.2 Å². The Bertz CT molecular complexity index is 1270. The Labute approximate surface area is 181 Å². The maximum absolute atomic E-state index is 13.0. The van der Waals surface area contributed by atoms with Gasteiger partial charge in [-0.1, -0.05) is 23.4 Å². The molecule has 158 valence electrons. The molecule has 1 unspecified atom stereocenters. The van der Waals surface area contributed by atoms with E-state index in [1.165, 1.54) is 17.1 Å². The van der Waals surface area contributed by atoms with E-state index in [2.05, 4.69) is 33.4 Å². The molecule has 2 aromatic carbocycles. The summed E-state index contributed by atoms with van der Waals surface area (Å²) in [5, 5.41) is 18.8. The Kier molecular flexibility index (Phi) is 5.84. The van der Waals surface area contributed by atoms with E-state index < -0.39 is 18.0 Å². The van der Waals surface area contributed by atoms with Crippen LogP contribution in [0.1, 0.15) is 34.2 Å². The van der Waals surface area contributed by atoms with Crippen molar-refractivity contribution >= 4 is 5.69 Å². The van der Waals surface area contributed by atoms with Crippen LogP contribution in [-0.2, 0) is 17.5 Å². The van der Waals surface area contributed by atoms with Gasteiger partial charge in [0.05, 0.1) is 29.5 Å². The minimum atomic E-state index is -4.47. The number of hydrogen-bond donors (Lipinski definition) is 0. The van der Waals surface area contributed by atoms with Crippen molar-refractivity contribution in [2.75, 3.05) is 0 Å². The highest BCUT2D eigenvalue weighted by Gasteiger charge is 2.30. The van der Waals surface area contributed by atoms with Gasteiger partial charge >= 0.3 is 6.18 Å². The normalized spacial score (nSPS) is 16.6. The molecule has 0 saturated heterocycles. The Morgan fingerprint density at radius 2 is 1.84 bits per heavy atom. The number of aromatic nitrogens is 1. The Balaban J connectivity index is 1.74. The molecule has 0 spiro atoms. The molecule has 0 bridgehead atoms. The van der Waals surface area contributed by atoms with Gasteiger partial charge in [-0.2, -0.15) is 23.4 Å². The van der Waals surface area contributed by atoms with E-state index in [4.69, 9.17) is 4.74 Å². The summed E-state index contributed by atoms with van der Waals surface area (Å²) in [6.45, 7) is 0.0956. The van der Waals surface area contributed by atoms with E-state index in [1.54, 1.807) is 42.6 Å². The van der Waals surface area contributed by atoms with E-state index >= 15 is 0 Å². The van der Waals surface area contributed by atoms with E-state index in [0.717, 1.165) is 12.1 Å². The molecule has 0 N–H and O–H groups in total. The van der Waals surface area contributed by atoms with Crippen molar-refractivity contribution in [3.05, 3.63) is 94.8 Å². The highest BCUT2D eigenvalue weighted by molar-refractivity contribution is 5.41. The molecule has 0 saturated carbocycles. The summed E-state index contributed by atoms with van der Waals surface area (Å²) in [4.78, 5) is 4.24. The highest BCUT2D eigenvalue weighted by Crippen LogP contribution is 2.31. The van der Waals surface area contributed by atoms with Gasteiger partial charge < -0.3 is 4.74 Å². The van der Waals surface area contributed by atoms with E-state index in [-0.39, 0.29) is 12.2 Å². The number of benzene rings is 2. The topological polar surface area (TPSA) is 73.9 Å². The first-order chi connectivity index (χ1) is 15.4. The summed E-state index contributed by atoms with van der Waals surface area (Å²) < 4.78 is 45.0. The van der Waals surface area contributed by atoms with Crippen LogP contribution < -0.4 is 0 Å². The van der Waals surface area contributed by atoms with Crippen LogP contribution in [0.2, 0.25) is 0 Å². The predicted molar refractivity (Wildman–Crippen MR) is 108 cm³/mol. The second kappa shape index (κ2) is 8.88. The van der Waals surface area contributed by atoms with Gasteiger partial charge in [0.15, 0.2) is 6.23 Å². The minimum absolute atomic E-state index is 0.0956. The molecule has 0 fully saturated rings. The van der Waals surface area contributed by atoms with Crippen molar-refractivity contribution in [1.29, 1.82) is 5.26 Å². The lowest BCUT2D eigenvalue weighted by molar-refractivity contribution is -0.137. The number of nitriles is 1. The average Bonchev–Trinajstić information content (AvgIpc) is 2.79. The Hall–Kier alpha value is -4.21. The third-order valence-electron chi connectivity index (χ3n) is 4.52. The fourth-order valence-corrected chi connectivity index (χ4v) is 2.98. The fourth-order valence-electron chi connectivity index (χ4n) is 2.98. The van der Waals surface area contributed by atoms with Crippen molar-refractivity contribution in [2.45, 2.75) is 19.0 Å². The monoisotopic (exact) mass is 433 g/mol. The number of rotatable bonds is 1. The summed E-state index contributed by atoms with van der Waals surface area (Å²) in [7, 11) is 0. The Morgan fingerprint density at radius 3 is 2.66 bits per heavy atom. The number of ether oxygens (including phenoxy) is 1. The number of pyridine rings is 1. The van der Waals surface area contributed by atoms with Crippen LogP contribution in [0.25, 0.3) is 0 Å². The lowest BCUT2D eigenvalue weighted by Gasteiger charge is -2.25. The van der Waals surface area contributed by atoms with Crippen molar-refractivity contribution in [3.63, 3.8) is 0 Å². The van der Waals surface area contributed by atoms with Gasteiger partial charge in [-0.3, -0.25) is 4.98 Å². The van der Waals surface area contributed by atoms with E-state index in [9.17, 15) is 18.4 Å². The Morgan fingerprint density at radius 1 is 1.03 bits per heavy atom. The molecular formula is C23H14F3N5O. The molecule has 3 aromatic rings. The summed E-state index contributed by atoms with van der Waals surface area (Å²) in [5.41, 5.74) is 1.41. The summed E-state index contributed by atoms with van der Waals surface area (Å²) in [6, 6.07) is 19.6. The average molecular weight is 433 g/mol. The maximum atomic E-state index is 13.0. The lowest BCUT2D eigenvalue weighted by atomic mass is 10.1. The number of fused-ring (bicyclic) bond motifs is 1. The summed E-state index contributed by atoms with van der Waals surface area (Å²) in [5.74, 6) is 2.69. The van der Waals surface area contributed by atoms with Crippen LogP contribution in [0.4, 0.5) is 18.9 Å². The van der Waals surface area contributed by atoms with Gasteiger partial charge in [0, 0.05) is 23.4 Å². The molecule has 1 aromatic heterocycles. The molecule has 1 atom stereocenters. The number of nitrogens with zero attached hydrogens (tertiary/aromatic N) is 5. The van der Waals surface area contributed by atoms with Crippen LogP contribution >= 0.6 is 0 Å². The molecule has 4 rings (SSSR count). The fraction of sp³-hybridized carbons (Fsp3) is 0.130. The summed E-state index contributed by atoms with van der Waals surface area (Å²) >= 11 is 0. The van der Waals surface area contributed by atoms with Crippen molar-refractivity contribution in [1.82, 2.24) is 9.99 Å². The zero-order chi connectivity index (χ0) is 22.6. The summed E-state index contributed by atoms with van der Waals surface area (Å²) in [6.07, 6.45) is -3.73.